The van der Waals surface area contributed by atoms with Gasteiger partial charge < -0.3 is 56.5 Å². The van der Waals surface area contributed by atoms with Crippen molar-refractivity contribution in [3.63, 3.8) is 0 Å². The Morgan fingerprint density at radius 2 is 1.17 bits per heavy atom. The van der Waals surface area contributed by atoms with Crippen LogP contribution in [0.1, 0.15) is 10.6 Å². The molecular formula is C34H37N3O15. The number of hydrogen-bond donors (Lipinski definition) is 0. The highest BCUT2D eigenvalue weighted by Crippen LogP contribution is 2.38. The topological polar surface area (TPSA) is 205 Å². The maximum absolute atomic E-state index is 12.4. The van der Waals surface area contributed by atoms with Crippen LogP contribution in [-0.2, 0) is 42.9 Å². The fourth-order valence-electron chi connectivity index (χ4n) is 4.74. The molecule has 2 aromatic heterocycles. The predicted octanol–water partition coefficient (Wildman–Crippen LogP) is 2.65. The number of hydrogen-bond acceptors (Lipinski definition) is 18. The van der Waals surface area contributed by atoms with E-state index in [9.17, 15) is 24.0 Å². The van der Waals surface area contributed by atoms with Crippen LogP contribution in [0.15, 0.2) is 51.4 Å². The molecule has 0 spiro atoms. The van der Waals surface area contributed by atoms with Crippen molar-refractivity contribution in [1.29, 1.82) is 0 Å². The van der Waals surface area contributed by atoms with Crippen molar-refractivity contribution in [1.82, 2.24) is 4.98 Å². The summed E-state index contributed by atoms with van der Waals surface area (Å²) in [6.45, 7) is -1.44. The van der Waals surface area contributed by atoms with E-state index in [0.717, 1.165) is 0 Å². The number of oxazole rings is 1. The van der Waals surface area contributed by atoms with Crippen LogP contribution in [0.3, 0.4) is 0 Å². The highest BCUT2D eigenvalue weighted by atomic mass is 16.6. The largest absolute Gasteiger partial charge is 0.497 e. The number of ether oxygens (including phenoxy) is 8. The molecule has 0 fully saturated rings. The normalized spacial score (nSPS) is 10.6. The standard InChI is InChI=1S/C34H37N3O15/c1-43-21-7-8-22(36(16-29(38)44-2)17-30(39)45-3)26(13-21)50-10-9-49-25-11-20-12-27(33-35-15-28(52-33)34(42)48-6)51-24(20)14-23(25)37(18-31(40)46-4)19-32(41)47-5/h7-8,11-15H,9-10,16-19H2,1-6H3. The molecule has 0 amide bonds. The Hall–Kier alpha value is -6.46. The number of methoxy groups -OCH3 is 6. The number of esters is 5. The summed E-state index contributed by atoms with van der Waals surface area (Å²) in [4.78, 5) is 68.0. The van der Waals surface area contributed by atoms with Crippen LogP contribution in [0.4, 0.5) is 11.4 Å². The van der Waals surface area contributed by atoms with E-state index in [2.05, 4.69) is 9.72 Å². The van der Waals surface area contributed by atoms with E-state index >= 15 is 0 Å². The van der Waals surface area contributed by atoms with Crippen molar-refractivity contribution in [2.45, 2.75) is 0 Å². The third-order valence-corrected chi connectivity index (χ3v) is 7.34. The number of benzene rings is 2. The zero-order valence-electron chi connectivity index (χ0n) is 29.2. The van der Waals surface area contributed by atoms with Gasteiger partial charge in [-0.3, -0.25) is 19.2 Å². The van der Waals surface area contributed by atoms with E-state index < -0.39 is 29.8 Å². The summed E-state index contributed by atoms with van der Waals surface area (Å²) in [5.41, 5.74) is 0.925. The Balaban J connectivity index is 1.67. The van der Waals surface area contributed by atoms with Crippen molar-refractivity contribution in [2.24, 2.45) is 0 Å². The van der Waals surface area contributed by atoms with Gasteiger partial charge in [0.15, 0.2) is 5.76 Å². The Morgan fingerprint density at radius 3 is 1.69 bits per heavy atom. The molecule has 4 rings (SSSR count). The molecule has 18 nitrogen and oxygen atoms in total. The number of furan rings is 1. The maximum atomic E-state index is 12.4. The summed E-state index contributed by atoms with van der Waals surface area (Å²) in [6, 6.07) is 9.57. The van der Waals surface area contributed by atoms with Gasteiger partial charge in [-0.05, 0) is 24.3 Å². The lowest BCUT2D eigenvalue weighted by molar-refractivity contribution is -0.141. The van der Waals surface area contributed by atoms with E-state index in [1.54, 1.807) is 36.4 Å². The highest BCUT2D eigenvalue weighted by Gasteiger charge is 2.24. The van der Waals surface area contributed by atoms with Gasteiger partial charge in [0.2, 0.25) is 5.76 Å². The lowest BCUT2D eigenvalue weighted by Gasteiger charge is -2.26. The number of carbonyl (C=O) groups excluding carboxylic acids is 5. The minimum atomic E-state index is -0.725. The van der Waals surface area contributed by atoms with Crippen LogP contribution in [0.2, 0.25) is 0 Å². The van der Waals surface area contributed by atoms with Crippen LogP contribution >= 0.6 is 0 Å². The van der Waals surface area contributed by atoms with Gasteiger partial charge in [-0.1, -0.05) is 0 Å². The van der Waals surface area contributed by atoms with Crippen LogP contribution in [0, 0.1) is 0 Å². The molecule has 0 N–H and O–H groups in total. The Kier molecular flexibility index (Phi) is 13.3. The fourth-order valence-corrected chi connectivity index (χ4v) is 4.74. The minimum Gasteiger partial charge on any atom is -0.497 e. The molecule has 52 heavy (non-hydrogen) atoms. The molecule has 0 bridgehead atoms. The Bertz CT molecular complexity index is 1860. The number of fused-ring (bicyclic) bond motifs is 1. The van der Waals surface area contributed by atoms with E-state index in [1.165, 1.54) is 58.7 Å². The van der Waals surface area contributed by atoms with Crippen molar-refractivity contribution in [3.05, 3.63) is 48.4 Å². The summed E-state index contributed by atoms with van der Waals surface area (Å²) in [5, 5.41) is 0.514. The smallest absolute Gasteiger partial charge is 0.375 e. The lowest BCUT2D eigenvalue weighted by Crippen LogP contribution is -2.36. The second-order valence-electron chi connectivity index (χ2n) is 10.5. The molecule has 0 aliphatic heterocycles. The zero-order chi connectivity index (χ0) is 37.8. The summed E-state index contributed by atoms with van der Waals surface area (Å²) in [5.74, 6) is -2.31. The van der Waals surface area contributed by atoms with Gasteiger partial charge in [0.1, 0.15) is 62.2 Å². The van der Waals surface area contributed by atoms with Gasteiger partial charge in [-0.15, -0.1) is 0 Å². The first kappa shape index (κ1) is 38.3. The minimum absolute atomic E-state index is 0.00229. The second kappa shape index (κ2) is 18.0. The van der Waals surface area contributed by atoms with Gasteiger partial charge in [0.25, 0.3) is 5.89 Å². The van der Waals surface area contributed by atoms with Gasteiger partial charge in [0, 0.05) is 17.5 Å². The zero-order valence-corrected chi connectivity index (χ0v) is 29.2. The van der Waals surface area contributed by atoms with Crippen LogP contribution in [0.25, 0.3) is 22.6 Å². The van der Waals surface area contributed by atoms with Gasteiger partial charge >= 0.3 is 29.8 Å². The summed E-state index contributed by atoms with van der Waals surface area (Å²) in [7, 11) is 7.54. The molecule has 2 heterocycles. The first-order valence-electron chi connectivity index (χ1n) is 15.4. The summed E-state index contributed by atoms with van der Waals surface area (Å²) < 4.78 is 53.0. The van der Waals surface area contributed by atoms with Gasteiger partial charge in [-0.25, -0.2) is 9.78 Å². The maximum Gasteiger partial charge on any atom is 0.375 e. The summed E-state index contributed by atoms with van der Waals surface area (Å²) in [6.07, 6.45) is 1.20. The number of carbonyl (C=O) groups is 5. The highest BCUT2D eigenvalue weighted by molar-refractivity contribution is 5.91. The van der Waals surface area contributed by atoms with Crippen molar-refractivity contribution >= 4 is 52.2 Å². The Morgan fingerprint density at radius 1 is 0.635 bits per heavy atom. The van der Waals surface area contributed by atoms with Crippen molar-refractivity contribution in [3.8, 4) is 28.9 Å². The molecule has 0 aliphatic rings. The van der Waals surface area contributed by atoms with Crippen LogP contribution < -0.4 is 24.0 Å². The molecule has 0 saturated heterocycles. The molecule has 4 aromatic rings. The quantitative estimate of drug-likeness (QED) is 0.0820. The Labute approximate surface area is 296 Å². The molecule has 0 unspecified atom stereocenters. The lowest BCUT2D eigenvalue weighted by atomic mass is 10.2. The first-order chi connectivity index (χ1) is 25.0. The molecule has 2 aromatic carbocycles. The van der Waals surface area contributed by atoms with Crippen molar-refractivity contribution in [2.75, 3.05) is 91.9 Å². The SMILES string of the molecule is COC(=O)CN(CC(=O)OC)c1ccc(OC)cc1OCCOc1cc2cc(-c3ncc(C(=O)OC)o3)oc2cc1N(CC(=O)OC)CC(=O)OC. The monoisotopic (exact) mass is 727 g/mol. The van der Waals surface area contributed by atoms with Crippen LogP contribution in [0.5, 0.6) is 17.2 Å². The third-order valence-electron chi connectivity index (χ3n) is 7.34. The first-order valence-corrected chi connectivity index (χ1v) is 15.4. The van der Waals surface area contributed by atoms with E-state index in [0.29, 0.717) is 22.4 Å². The number of nitrogens with zero attached hydrogens (tertiary/aromatic N) is 3. The molecule has 0 saturated carbocycles. The number of anilines is 2. The van der Waals surface area contributed by atoms with E-state index in [1.807, 2.05) is 0 Å². The van der Waals surface area contributed by atoms with E-state index in [-0.39, 0.29) is 74.0 Å². The molecule has 0 atom stereocenters. The van der Waals surface area contributed by atoms with Gasteiger partial charge in [0.05, 0.1) is 60.2 Å². The fraction of sp³-hybridized carbons (Fsp3) is 0.353. The predicted molar refractivity (Wildman–Crippen MR) is 180 cm³/mol. The van der Waals surface area contributed by atoms with E-state index in [4.69, 9.17) is 42.0 Å². The molecular weight excluding hydrogens is 690 g/mol. The second-order valence-corrected chi connectivity index (χ2v) is 10.5. The van der Waals surface area contributed by atoms with Crippen LogP contribution in [-0.4, -0.2) is 117 Å². The molecule has 0 aliphatic carbocycles. The number of rotatable bonds is 18. The number of aromatic nitrogens is 1. The average molecular weight is 728 g/mol. The van der Waals surface area contributed by atoms with Crippen molar-refractivity contribution < 1.29 is 70.7 Å². The third kappa shape index (κ3) is 9.61. The van der Waals surface area contributed by atoms with Gasteiger partial charge in [-0.2, -0.15) is 0 Å². The molecule has 278 valence electrons. The molecule has 18 heteroatoms. The average Bonchev–Trinajstić information content (AvgIpc) is 3.82. The molecule has 0 radical (unpaired) electrons. The summed E-state index contributed by atoms with van der Waals surface area (Å²) >= 11 is 0.